The fourth-order valence-electron chi connectivity index (χ4n) is 3.69. The first-order chi connectivity index (χ1) is 13.7. The molecule has 0 bridgehead atoms. The minimum absolute atomic E-state index is 0.0236. The van der Waals surface area contributed by atoms with Crippen molar-refractivity contribution in [2.24, 2.45) is 0 Å². The van der Waals surface area contributed by atoms with Crippen LogP contribution in [0, 0.1) is 6.92 Å². The third kappa shape index (κ3) is 6.03. The molecular weight excluding hydrogens is 382 g/mol. The summed E-state index contributed by atoms with van der Waals surface area (Å²) in [5.74, 6) is 0.579. The minimum Gasteiger partial charge on any atom is -0.483 e. The van der Waals surface area contributed by atoms with Gasteiger partial charge in [-0.3, -0.25) is 15.0 Å². The number of anilines is 1. The number of nitrogens with zero attached hydrogens (tertiary/aromatic N) is 2. The average molecular weight is 416 g/mol. The Bertz CT molecular complexity index is 841. The van der Waals surface area contributed by atoms with Gasteiger partial charge in [-0.15, -0.1) is 11.3 Å². The summed E-state index contributed by atoms with van der Waals surface area (Å²) in [7, 11) is 0. The number of likely N-dealkylation sites (tertiary alicyclic amines) is 1. The number of hydrogen-bond acceptors (Lipinski definition) is 5. The zero-order valence-corrected chi connectivity index (χ0v) is 19.1. The Morgan fingerprint density at radius 3 is 2.86 bits per heavy atom. The summed E-state index contributed by atoms with van der Waals surface area (Å²) in [6.07, 6.45) is 5.72. The molecule has 158 valence electrons. The lowest BCUT2D eigenvalue weighted by Gasteiger charge is -2.32. The quantitative estimate of drug-likeness (QED) is 0.710. The SMILES string of the molecule is Cc1ccc(OCC(=O)Nc2ncc(CN3CCCCC3C)s2)c(C(C)(C)C)c1. The van der Waals surface area contributed by atoms with Gasteiger partial charge in [0.1, 0.15) is 5.75 Å². The van der Waals surface area contributed by atoms with E-state index in [1.54, 1.807) is 11.3 Å². The molecule has 0 spiro atoms. The molecule has 1 aromatic carbocycles. The number of aryl methyl sites for hydroxylation is 1. The standard InChI is InChI=1S/C23H33N3O2S/c1-16-9-10-20(19(12-16)23(3,4)5)28-15-21(27)25-22-24-13-18(29-22)14-26-11-7-6-8-17(26)2/h9-10,12-13,17H,6-8,11,14-15H2,1-5H3,(H,24,25,27). The number of amides is 1. The van der Waals surface area contributed by atoms with E-state index in [4.69, 9.17) is 4.74 Å². The number of rotatable bonds is 6. The van der Waals surface area contributed by atoms with Crippen molar-refractivity contribution in [3.05, 3.63) is 40.4 Å². The number of thiazole rings is 1. The number of piperidine rings is 1. The summed E-state index contributed by atoms with van der Waals surface area (Å²) in [5, 5.41) is 3.51. The maximum atomic E-state index is 12.4. The van der Waals surface area contributed by atoms with Crippen molar-refractivity contribution >= 4 is 22.4 Å². The van der Waals surface area contributed by atoms with Crippen LogP contribution in [0.4, 0.5) is 5.13 Å². The summed E-state index contributed by atoms with van der Waals surface area (Å²) < 4.78 is 5.85. The molecule has 29 heavy (non-hydrogen) atoms. The van der Waals surface area contributed by atoms with Gasteiger partial charge in [0.2, 0.25) is 0 Å². The predicted octanol–water partition coefficient (Wildman–Crippen LogP) is 5.14. The summed E-state index contributed by atoms with van der Waals surface area (Å²) in [6, 6.07) is 6.70. The van der Waals surface area contributed by atoms with E-state index in [1.165, 1.54) is 29.7 Å². The molecule has 1 unspecified atom stereocenters. The second kappa shape index (κ2) is 9.26. The van der Waals surface area contributed by atoms with Gasteiger partial charge in [-0.1, -0.05) is 44.9 Å². The Morgan fingerprint density at radius 2 is 2.14 bits per heavy atom. The zero-order valence-electron chi connectivity index (χ0n) is 18.2. The highest BCUT2D eigenvalue weighted by Gasteiger charge is 2.21. The lowest BCUT2D eigenvalue weighted by Crippen LogP contribution is -2.36. The molecular formula is C23H33N3O2S. The van der Waals surface area contributed by atoms with Crippen molar-refractivity contribution < 1.29 is 9.53 Å². The zero-order chi connectivity index (χ0) is 21.0. The summed E-state index contributed by atoms with van der Waals surface area (Å²) in [5.41, 5.74) is 2.25. The van der Waals surface area contributed by atoms with E-state index in [0.29, 0.717) is 11.2 Å². The van der Waals surface area contributed by atoms with Crippen LogP contribution in [0.15, 0.2) is 24.4 Å². The number of ether oxygens (including phenoxy) is 1. The van der Waals surface area contributed by atoms with E-state index in [9.17, 15) is 4.79 Å². The van der Waals surface area contributed by atoms with Crippen LogP contribution in [0.2, 0.25) is 0 Å². The molecule has 1 aliphatic heterocycles. The molecule has 1 N–H and O–H groups in total. The Morgan fingerprint density at radius 1 is 1.34 bits per heavy atom. The van der Waals surface area contributed by atoms with Crippen molar-refractivity contribution in [2.45, 2.75) is 71.9 Å². The van der Waals surface area contributed by atoms with Gasteiger partial charge in [-0.25, -0.2) is 4.98 Å². The van der Waals surface area contributed by atoms with Crippen molar-refractivity contribution in [2.75, 3.05) is 18.5 Å². The van der Waals surface area contributed by atoms with Gasteiger partial charge >= 0.3 is 0 Å². The molecule has 1 aromatic heterocycles. The monoisotopic (exact) mass is 415 g/mol. The van der Waals surface area contributed by atoms with Crippen molar-refractivity contribution in [3.63, 3.8) is 0 Å². The Hall–Kier alpha value is -1.92. The van der Waals surface area contributed by atoms with Gasteiger partial charge in [0.05, 0.1) is 0 Å². The van der Waals surface area contributed by atoms with Crippen LogP contribution in [-0.4, -0.2) is 35.0 Å². The van der Waals surface area contributed by atoms with Crippen molar-refractivity contribution in [1.29, 1.82) is 0 Å². The fourth-order valence-corrected chi connectivity index (χ4v) is 4.54. The maximum absolute atomic E-state index is 12.4. The van der Waals surface area contributed by atoms with Gasteiger partial charge in [0.15, 0.2) is 11.7 Å². The largest absolute Gasteiger partial charge is 0.483 e. The number of aromatic nitrogens is 1. The van der Waals surface area contributed by atoms with E-state index in [-0.39, 0.29) is 17.9 Å². The average Bonchev–Trinajstić information content (AvgIpc) is 3.08. The second-order valence-electron chi connectivity index (χ2n) is 9.03. The highest BCUT2D eigenvalue weighted by atomic mass is 32.1. The number of benzene rings is 1. The van der Waals surface area contributed by atoms with Crippen LogP contribution in [0.3, 0.4) is 0 Å². The molecule has 2 aromatic rings. The molecule has 0 aliphatic carbocycles. The molecule has 1 atom stereocenters. The topological polar surface area (TPSA) is 54.5 Å². The summed E-state index contributed by atoms with van der Waals surface area (Å²) >= 11 is 1.55. The van der Waals surface area contributed by atoms with Crippen molar-refractivity contribution in [3.8, 4) is 5.75 Å². The van der Waals surface area contributed by atoms with Gasteiger partial charge in [-0.2, -0.15) is 0 Å². The third-order valence-electron chi connectivity index (χ3n) is 5.40. The first-order valence-corrected chi connectivity index (χ1v) is 11.3. The lowest BCUT2D eigenvalue weighted by molar-refractivity contribution is -0.118. The van der Waals surface area contributed by atoms with Crippen LogP contribution in [-0.2, 0) is 16.8 Å². The third-order valence-corrected chi connectivity index (χ3v) is 6.30. The highest BCUT2D eigenvalue weighted by molar-refractivity contribution is 7.15. The Kier molecular flexibility index (Phi) is 6.96. The van der Waals surface area contributed by atoms with Crippen LogP contribution in [0.5, 0.6) is 5.75 Å². The molecule has 2 heterocycles. The van der Waals surface area contributed by atoms with Crippen LogP contribution in [0.1, 0.15) is 63.0 Å². The Balaban J connectivity index is 1.55. The molecule has 1 fully saturated rings. The predicted molar refractivity (Wildman–Crippen MR) is 120 cm³/mol. The molecule has 0 radical (unpaired) electrons. The van der Waals surface area contributed by atoms with Gasteiger partial charge in [0.25, 0.3) is 5.91 Å². The van der Waals surface area contributed by atoms with Crippen LogP contribution in [0.25, 0.3) is 0 Å². The normalized spacial score (nSPS) is 17.9. The molecule has 6 heteroatoms. The number of carbonyl (C=O) groups is 1. The van der Waals surface area contributed by atoms with E-state index in [1.807, 2.05) is 18.3 Å². The van der Waals surface area contributed by atoms with Gasteiger partial charge in [0, 0.05) is 23.7 Å². The fraction of sp³-hybridized carbons (Fsp3) is 0.565. The molecule has 1 saturated heterocycles. The second-order valence-corrected chi connectivity index (χ2v) is 10.1. The van der Waals surface area contributed by atoms with E-state index >= 15 is 0 Å². The first kappa shape index (κ1) is 21.8. The number of carbonyl (C=O) groups excluding carboxylic acids is 1. The van der Waals surface area contributed by atoms with Crippen LogP contribution >= 0.6 is 11.3 Å². The van der Waals surface area contributed by atoms with E-state index in [2.05, 4.69) is 55.9 Å². The molecule has 1 amide bonds. The molecule has 0 saturated carbocycles. The first-order valence-electron chi connectivity index (χ1n) is 10.4. The van der Waals surface area contributed by atoms with E-state index < -0.39 is 0 Å². The van der Waals surface area contributed by atoms with Gasteiger partial charge in [-0.05, 0) is 50.3 Å². The number of nitrogens with one attached hydrogen (secondary N) is 1. The van der Waals surface area contributed by atoms with E-state index in [0.717, 1.165) is 24.4 Å². The smallest absolute Gasteiger partial charge is 0.264 e. The maximum Gasteiger partial charge on any atom is 0.264 e. The molecule has 5 nitrogen and oxygen atoms in total. The molecule has 3 rings (SSSR count). The number of hydrogen-bond donors (Lipinski definition) is 1. The van der Waals surface area contributed by atoms with Gasteiger partial charge < -0.3 is 4.74 Å². The Labute approximate surface area is 178 Å². The lowest BCUT2D eigenvalue weighted by atomic mass is 9.85. The van der Waals surface area contributed by atoms with Crippen LogP contribution < -0.4 is 10.1 Å². The highest BCUT2D eigenvalue weighted by Crippen LogP contribution is 2.32. The molecule has 1 aliphatic rings. The summed E-state index contributed by atoms with van der Waals surface area (Å²) in [6.45, 7) is 12.8. The summed E-state index contributed by atoms with van der Waals surface area (Å²) in [4.78, 5) is 20.4. The van der Waals surface area contributed by atoms with Crippen molar-refractivity contribution in [1.82, 2.24) is 9.88 Å². The minimum atomic E-state index is -0.183.